The molecule has 0 radical (unpaired) electrons. The fraction of sp³-hybridized carbons (Fsp3) is 0.263. The van der Waals surface area contributed by atoms with E-state index < -0.39 is 30.2 Å². The highest BCUT2D eigenvalue weighted by molar-refractivity contribution is 6.32. The first-order valence-corrected chi connectivity index (χ1v) is 8.72. The number of carbonyl (C=O) groups is 2. The molecule has 0 saturated carbocycles. The van der Waals surface area contributed by atoms with E-state index in [1.165, 1.54) is 31.4 Å². The third-order valence-electron chi connectivity index (χ3n) is 3.83. The van der Waals surface area contributed by atoms with E-state index in [0.717, 1.165) is 12.1 Å². The number of hydrogen-bond donors (Lipinski definition) is 2. The van der Waals surface area contributed by atoms with Gasteiger partial charge >= 0.3 is 6.18 Å². The van der Waals surface area contributed by atoms with Crippen molar-refractivity contribution in [1.82, 2.24) is 5.32 Å². The lowest BCUT2D eigenvalue weighted by Gasteiger charge is -2.13. The van der Waals surface area contributed by atoms with Gasteiger partial charge in [-0.3, -0.25) is 9.59 Å². The summed E-state index contributed by atoms with van der Waals surface area (Å²) in [6.07, 6.45) is -4.05. The highest BCUT2D eigenvalue weighted by atomic mass is 35.5. The Morgan fingerprint density at radius 2 is 1.83 bits per heavy atom. The van der Waals surface area contributed by atoms with Crippen LogP contribution in [0.15, 0.2) is 36.4 Å². The summed E-state index contributed by atoms with van der Waals surface area (Å²) in [6.45, 7) is -0.210. The lowest BCUT2D eigenvalue weighted by molar-refractivity contribution is -0.137. The van der Waals surface area contributed by atoms with Crippen molar-refractivity contribution >= 4 is 23.4 Å². The second-order valence-electron chi connectivity index (χ2n) is 5.95. The molecule has 0 unspecified atom stereocenters. The van der Waals surface area contributed by atoms with Crippen LogP contribution < -0.4 is 20.5 Å². The van der Waals surface area contributed by atoms with Crippen molar-refractivity contribution in [2.75, 3.05) is 20.3 Å². The molecule has 29 heavy (non-hydrogen) atoms. The molecule has 2 aromatic carbocycles. The molecule has 2 amide bonds. The van der Waals surface area contributed by atoms with Gasteiger partial charge < -0.3 is 20.5 Å². The molecule has 0 aromatic heterocycles. The first-order valence-electron chi connectivity index (χ1n) is 8.34. The molecular weight excluding hydrogens is 413 g/mol. The minimum Gasteiger partial charge on any atom is -0.493 e. The smallest absolute Gasteiger partial charge is 0.416 e. The Labute approximate surface area is 169 Å². The van der Waals surface area contributed by atoms with E-state index in [0.29, 0.717) is 12.0 Å². The summed E-state index contributed by atoms with van der Waals surface area (Å²) in [4.78, 5) is 23.2. The minimum atomic E-state index is -4.39. The first-order chi connectivity index (χ1) is 13.6. The Hall–Kier alpha value is -2.94. The first kappa shape index (κ1) is 22.4. The summed E-state index contributed by atoms with van der Waals surface area (Å²) in [6, 6.07) is 7.43. The molecule has 6 nitrogen and oxygen atoms in total. The number of nitrogens with one attached hydrogen (secondary N) is 1. The van der Waals surface area contributed by atoms with Crippen LogP contribution in [0.2, 0.25) is 5.02 Å². The predicted octanol–water partition coefficient (Wildman–Crippen LogP) is 3.20. The summed E-state index contributed by atoms with van der Waals surface area (Å²) < 4.78 is 48.0. The summed E-state index contributed by atoms with van der Waals surface area (Å²) in [7, 11) is 1.34. The van der Waals surface area contributed by atoms with Gasteiger partial charge in [-0.25, -0.2) is 0 Å². The molecule has 2 aromatic rings. The van der Waals surface area contributed by atoms with Crippen molar-refractivity contribution in [2.24, 2.45) is 5.73 Å². The van der Waals surface area contributed by atoms with Gasteiger partial charge in [0.1, 0.15) is 0 Å². The Kier molecular flexibility index (Phi) is 7.33. The second kappa shape index (κ2) is 9.51. The number of rotatable bonds is 8. The van der Waals surface area contributed by atoms with E-state index in [-0.39, 0.29) is 28.6 Å². The van der Waals surface area contributed by atoms with E-state index in [1.54, 1.807) is 0 Å². The van der Waals surface area contributed by atoms with Crippen LogP contribution in [0.3, 0.4) is 0 Å². The third kappa shape index (κ3) is 6.28. The van der Waals surface area contributed by atoms with Gasteiger partial charge in [0.05, 0.1) is 17.7 Å². The largest absolute Gasteiger partial charge is 0.493 e. The molecule has 0 aliphatic carbocycles. The van der Waals surface area contributed by atoms with Crippen molar-refractivity contribution in [3.8, 4) is 11.5 Å². The van der Waals surface area contributed by atoms with E-state index in [1.807, 2.05) is 0 Å². The van der Waals surface area contributed by atoms with E-state index in [9.17, 15) is 22.8 Å². The lowest BCUT2D eigenvalue weighted by Crippen LogP contribution is -2.26. The third-order valence-corrected chi connectivity index (χ3v) is 4.11. The van der Waals surface area contributed by atoms with Crippen LogP contribution in [0, 0.1) is 0 Å². The molecular formula is C19H18ClF3N2O4. The topological polar surface area (TPSA) is 90.7 Å². The summed E-state index contributed by atoms with van der Waals surface area (Å²) in [5.74, 6) is -0.937. The Balaban J connectivity index is 2.00. The van der Waals surface area contributed by atoms with Gasteiger partial charge in [0.2, 0.25) is 0 Å². The molecule has 0 spiro atoms. The van der Waals surface area contributed by atoms with E-state index >= 15 is 0 Å². The number of benzene rings is 2. The molecule has 2 rings (SSSR count). The van der Waals surface area contributed by atoms with Gasteiger partial charge in [0, 0.05) is 12.1 Å². The molecule has 10 heteroatoms. The number of carbonyl (C=O) groups excluding carboxylic acids is 2. The minimum absolute atomic E-state index is 0.0542. The normalized spacial score (nSPS) is 11.1. The van der Waals surface area contributed by atoms with Crippen molar-refractivity contribution < 1.29 is 32.2 Å². The predicted molar refractivity (Wildman–Crippen MR) is 100 cm³/mol. The van der Waals surface area contributed by atoms with Crippen LogP contribution in [0.25, 0.3) is 0 Å². The molecule has 0 aliphatic rings. The molecule has 156 valence electrons. The zero-order valence-corrected chi connectivity index (χ0v) is 16.1. The maximum atomic E-state index is 12.6. The van der Waals surface area contributed by atoms with Gasteiger partial charge in [0.25, 0.3) is 11.8 Å². The number of alkyl halides is 3. The van der Waals surface area contributed by atoms with Crippen LogP contribution in [-0.2, 0) is 17.4 Å². The highest BCUT2D eigenvalue weighted by Gasteiger charge is 2.29. The Bertz CT molecular complexity index is 886. The van der Waals surface area contributed by atoms with Crippen LogP contribution in [0.4, 0.5) is 13.2 Å². The average molecular weight is 431 g/mol. The highest BCUT2D eigenvalue weighted by Crippen LogP contribution is 2.36. The van der Waals surface area contributed by atoms with Gasteiger partial charge in [-0.1, -0.05) is 23.7 Å². The number of amides is 2. The second-order valence-corrected chi connectivity index (χ2v) is 6.35. The van der Waals surface area contributed by atoms with E-state index in [2.05, 4.69) is 5.32 Å². The number of primary amides is 1. The van der Waals surface area contributed by atoms with Crippen molar-refractivity contribution in [3.05, 3.63) is 58.1 Å². The zero-order valence-electron chi connectivity index (χ0n) is 15.3. The number of hydrogen-bond acceptors (Lipinski definition) is 4. The van der Waals surface area contributed by atoms with Gasteiger partial charge in [-0.05, 0) is 36.2 Å². The molecule has 0 heterocycles. The maximum Gasteiger partial charge on any atom is 0.416 e. The molecule has 0 bridgehead atoms. The number of ether oxygens (including phenoxy) is 2. The molecule has 0 atom stereocenters. The molecule has 0 saturated heterocycles. The van der Waals surface area contributed by atoms with Crippen LogP contribution >= 0.6 is 11.6 Å². The maximum absolute atomic E-state index is 12.6. The monoisotopic (exact) mass is 430 g/mol. The van der Waals surface area contributed by atoms with Gasteiger partial charge in [-0.15, -0.1) is 0 Å². The molecule has 0 fully saturated rings. The Morgan fingerprint density at radius 3 is 2.38 bits per heavy atom. The summed E-state index contributed by atoms with van der Waals surface area (Å²) in [5.41, 5.74) is 5.12. The fourth-order valence-corrected chi connectivity index (χ4v) is 2.68. The number of methoxy groups -OCH3 is 1. The SMILES string of the molecule is COc1cc(C(=O)NCCc2ccc(C(F)(F)F)cc2)cc(Cl)c1OCC(N)=O. The van der Waals surface area contributed by atoms with E-state index in [4.69, 9.17) is 26.8 Å². The zero-order chi connectivity index (χ0) is 21.6. The number of halogens is 4. The fourth-order valence-electron chi connectivity index (χ4n) is 2.42. The summed E-state index contributed by atoms with van der Waals surface area (Å²) in [5, 5.41) is 2.70. The van der Waals surface area contributed by atoms with Crippen LogP contribution in [0.1, 0.15) is 21.5 Å². The van der Waals surface area contributed by atoms with Gasteiger partial charge in [-0.2, -0.15) is 13.2 Å². The molecule has 3 N–H and O–H groups in total. The average Bonchev–Trinajstić information content (AvgIpc) is 2.65. The van der Waals surface area contributed by atoms with Crippen LogP contribution in [0.5, 0.6) is 11.5 Å². The summed E-state index contributed by atoms with van der Waals surface area (Å²) >= 11 is 6.09. The lowest BCUT2D eigenvalue weighted by atomic mass is 10.1. The standard InChI is InChI=1S/C19H18ClF3N2O4/c1-28-15-9-12(8-14(20)17(15)29-10-16(24)26)18(27)25-7-6-11-2-4-13(5-3-11)19(21,22)23/h2-5,8-9H,6-7,10H2,1H3,(H2,24,26)(H,25,27). The van der Waals surface area contributed by atoms with Gasteiger partial charge in [0.15, 0.2) is 18.1 Å². The van der Waals surface area contributed by atoms with Crippen LogP contribution in [-0.4, -0.2) is 32.1 Å². The van der Waals surface area contributed by atoms with Crippen molar-refractivity contribution in [2.45, 2.75) is 12.6 Å². The molecule has 0 aliphatic heterocycles. The number of nitrogens with two attached hydrogens (primary N) is 1. The quantitative estimate of drug-likeness (QED) is 0.673. The van der Waals surface area contributed by atoms with Crippen molar-refractivity contribution in [3.63, 3.8) is 0 Å². The van der Waals surface area contributed by atoms with Crippen molar-refractivity contribution in [1.29, 1.82) is 0 Å². The Morgan fingerprint density at radius 1 is 1.17 bits per heavy atom.